The van der Waals surface area contributed by atoms with Crippen molar-refractivity contribution in [1.82, 2.24) is 4.90 Å². The first-order chi connectivity index (χ1) is 10.6. The number of halogens is 1. The molecule has 0 bridgehead atoms. The van der Waals surface area contributed by atoms with Crippen LogP contribution in [0.4, 0.5) is 10.5 Å². The van der Waals surface area contributed by atoms with Crippen molar-refractivity contribution in [3.63, 3.8) is 0 Å². The smallest absolute Gasteiger partial charge is 0.322 e. The number of amides is 2. The highest BCUT2D eigenvalue weighted by Crippen LogP contribution is 2.39. The Morgan fingerprint density at radius 2 is 1.87 bits per heavy atom. The summed E-state index contributed by atoms with van der Waals surface area (Å²) in [5.41, 5.74) is 6.06. The second-order valence-electron chi connectivity index (χ2n) is 7.40. The van der Waals surface area contributed by atoms with E-state index in [9.17, 15) is 4.79 Å². The molecule has 128 valence electrons. The van der Waals surface area contributed by atoms with E-state index in [1.807, 2.05) is 32.6 Å². The third kappa shape index (κ3) is 3.72. The second kappa shape index (κ2) is 6.21. The minimum atomic E-state index is -0.336. The summed E-state index contributed by atoms with van der Waals surface area (Å²) in [7, 11) is 1.56. The molecule has 5 nitrogen and oxygen atoms in total. The molecular formula is C17H26ClN3O2. The highest BCUT2D eigenvalue weighted by molar-refractivity contribution is 6.31. The molecule has 1 saturated heterocycles. The van der Waals surface area contributed by atoms with E-state index in [1.165, 1.54) is 0 Å². The van der Waals surface area contributed by atoms with Crippen LogP contribution < -0.4 is 15.8 Å². The molecule has 0 spiro atoms. The summed E-state index contributed by atoms with van der Waals surface area (Å²) in [6.45, 7) is 8.18. The summed E-state index contributed by atoms with van der Waals surface area (Å²) in [5.74, 6) is 0.576. The van der Waals surface area contributed by atoms with Gasteiger partial charge in [-0.15, -0.1) is 0 Å². The average Bonchev–Trinajstić information content (AvgIpc) is 2.34. The van der Waals surface area contributed by atoms with Gasteiger partial charge in [-0.2, -0.15) is 0 Å². The van der Waals surface area contributed by atoms with E-state index in [2.05, 4.69) is 5.32 Å². The number of likely N-dealkylation sites (tertiary alicyclic amines) is 1. The highest BCUT2D eigenvalue weighted by atomic mass is 35.5. The van der Waals surface area contributed by atoms with Crippen LogP contribution in [-0.2, 0) is 0 Å². The zero-order valence-electron chi connectivity index (χ0n) is 14.4. The lowest BCUT2D eigenvalue weighted by molar-refractivity contribution is 0.00874. The fourth-order valence-electron chi connectivity index (χ4n) is 3.86. The quantitative estimate of drug-likeness (QED) is 0.859. The second-order valence-corrected chi connectivity index (χ2v) is 7.84. The number of benzene rings is 1. The topological polar surface area (TPSA) is 67.6 Å². The van der Waals surface area contributed by atoms with Gasteiger partial charge in [0.25, 0.3) is 0 Å². The fourth-order valence-corrected chi connectivity index (χ4v) is 4.03. The van der Waals surface area contributed by atoms with Crippen LogP contribution in [0.25, 0.3) is 0 Å². The Labute approximate surface area is 143 Å². The van der Waals surface area contributed by atoms with Gasteiger partial charge in [0.1, 0.15) is 5.75 Å². The van der Waals surface area contributed by atoms with Crippen LogP contribution in [0.1, 0.15) is 40.5 Å². The van der Waals surface area contributed by atoms with E-state index in [1.54, 1.807) is 25.3 Å². The number of nitrogens with one attached hydrogen (secondary N) is 1. The number of methoxy groups -OCH3 is 1. The van der Waals surface area contributed by atoms with E-state index in [0.717, 1.165) is 12.8 Å². The number of hydrogen-bond acceptors (Lipinski definition) is 3. The van der Waals surface area contributed by atoms with Crippen molar-refractivity contribution in [2.45, 2.75) is 57.7 Å². The molecule has 0 atom stereocenters. The molecule has 6 heteroatoms. The molecule has 1 aromatic rings. The molecule has 0 aromatic heterocycles. The number of ether oxygens (including phenoxy) is 1. The lowest BCUT2D eigenvalue weighted by Gasteiger charge is -2.54. The van der Waals surface area contributed by atoms with Crippen LogP contribution in [0.5, 0.6) is 5.75 Å². The van der Waals surface area contributed by atoms with Gasteiger partial charge >= 0.3 is 6.03 Å². The summed E-state index contributed by atoms with van der Waals surface area (Å²) in [6, 6.07) is 5.07. The molecular weight excluding hydrogens is 314 g/mol. The normalized spacial score (nSPS) is 20.2. The van der Waals surface area contributed by atoms with Gasteiger partial charge in [-0.3, -0.25) is 0 Å². The van der Waals surface area contributed by atoms with Crippen molar-refractivity contribution in [1.29, 1.82) is 0 Å². The third-order valence-electron chi connectivity index (χ3n) is 4.34. The summed E-state index contributed by atoms with van der Waals surface area (Å²) in [5, 5.41) is 3.48. The van der Waals surface area contributed by atoms with E-state index in [-0.39, 0.29) is 23.2 Å². The van der Waals surface area contributed by atoms with Gasteiger partial charge < -0.3 is 20.7 Å². The number of anilines is 1. The van der Waals surface area contributed by atoms with Crippen molar-refractivity contribution in [2.24, 2.45) is 5.73 Å². The first-order valence-corrected chi connectivity index (χ1v) is 8.15. The number of hydrogen-bond donors (Lipinski definition) is 2. The number of nitrogens with zero attached hydrogens (tertiary/aromatic N) is 1. The molecule has 1 aliphatic rings. The van der Waals surface area contributed by atoms with Gasteiger partial charge in [0.2, 0.25) is 0 Å². The zero-order valence-corrected chi connectivity index (χ0v) is 15.2. The lowest BCUT2D eigenvalue weighted by atomic mass is 9.77. The standard InChI is InChI=1S/C17H26ClN3O2/c1-16(2)9-12(19)10-17(3,4)21(16)15(22)20-13-8-11(18)6-7-14(13)23-5/h6-8,12H,9-10,19H2,1-5H3,(H,20,22). The van der Waals surface area contributed by atoms with Crippen molar-refractivity contribution < 1.29 is 9.53 Å². The van der Waals surface area contributed by atoms with Crippen LogP contribution in [-0.4, -0.2) is 35.2 Å². The minimum Gasteiger partial charge on any atom is -0.495 e. The molecule has 23 heavy (non-hydrogen) atoms. The Balaban J connectivity index is 2.30. The van der Waals surface area contributed by atoms with Crippen LogP contribution in [0.15, 0.2) is 18.2 Å². The van der Waals surface area contributed by atoms with Crippen molar-refractivity contribution >= 4 is 23.3 Å². The Hall–Kier alpha value is -1.46. The molecule has 0 saturated carbocycles. The SMILES string of the molecule is COc1ccc(Cl)cc1NC(=O)N1C(C)(C)CC(N)CC1(C)C. The van der Waals surface area contributed by atoms with E-state index in [4.69, 9.17) is 22.1 Å². The third-order valence-corrected chi connectivity index (χ3v) is 4.58. The number of nitrogens with two attached hydrogens (primary N) is 1. The predicted molar refractivity (Wildman–Crippen MR) is 94.2 cm³/mol. The van der Waals surface area contributed by atoms with E-state index >= 15 is 0 Å². The van der Waals surface area contributed by atoms with Gasteiger partial charge in [0.05, 0.1) is 12.8 Å². The maximum absolute atomic E-state index is 13.0. The zero-order chi connectivity index (χ0) is 17.4. The van der Waals surface area contributed by atoms with Gasteiger partial charge in [-0.1, -0.05) is 11.6 Å². The van der Waals surface area contributed by atoms with Crippen LogP contribution >= 0.6 is 11.6 Å². The Kier molecular flexibility index (Phi) is 4.83. The van der Waals surface area contributed by atoms with Gasteiger partial charge in [-0.25, -0.2) is 4.79 Å². The predicted octanol–water partition coefficient (Wildman–Crippen LogP) is 3.86. The maximum Gasteiger partial charge on any atom is 0.322 e. The molecule has 1 aliphatic heterocycles. The lowest BCUT2D eigenvalue weighted by Crippen LogP contribution is -2.66. The first-order valence-electron chi connectivity index (χ1n) is 7.77. The monoisotopic (exact) mass is 339 g/mol. The van der Waals surface area contributed by atoms with Crippen LogP contribution in [0.2, 0.25) is 5.02 Å². The largest absolute Gasteiger partial charge is 0.495 e. The maximum atomic E-state index is 13.0. The number of urea groups is 1. The number of rotatable bonds is 2. The molecule has 0 radical (unpaired) electrons. The average molecular weight is 340 g/mol. The number of carbonyl (C=O) groups is 1. The number of piperidine rings is 1. The Morgan fingerprint density at radius 1 is 1.30 bits per heavy atom. The summed E-state index contributed by atoms with van der Waals surface area (Å²) >= 11 is 6.04. The van der Waals surface area contributed by atoms with Crippen LogP contribution in [0, 0.1) is 0 Å². The summed E-state index contributed by atoms with van der Waals surface area (Å²) < 4.78 is 5.30. The molecule has 0 unspecified atom stereocenters. The van der Waals surface area contributed by atoms with Gasteiger partial charge in [0.15, 0.2) is 0 Å². The minimum absolute atomic E-state index is 0.0877. The summed E-state index contributed by atoms with van der Waals surface area (Å²) in [4.78, 5) is 14.8. The Morgan fingerprint density at radius 3 is 2.39 bits per heavy atom. The molecule has 1 fully saturated rings. The van der Waals surface area contributed by atoms with E-state index < -0.39 is 0 Å². The molecule has 1 aromatic carbocycles. The highest BCUT2D eigenvalue weighted by Gasteiger charge is 2.47. The number of carbonyl (C=O) groups excluding carboxylic acids is 1. The van der Waals surface area contributed by atoms with Crippen molar-refractivity contribution in [3.8, 4) is 5.75 Å². The molecule has 2 amide bonds. The van der Waals surface area contributed by atoms with E-state index in [0.29, 0.717) is 16.5 Å². The molecule has 3 N–H and O–H groups in total. The Bertz CT molecular complexity index is 584. The summed E-state index contributed by atoms with van der Waals surface area (Å²) in [6.07, 6.45) is 1.52. The van der Waals surface area contributed by atoms with Crippen molar-refractivity contribution in [3.05, 3.63) is 23.2 Å². The van der Waals surface area contributed by atoms with Gasteiger partial charge in [-0.05, 0) is 58.7 Å². The molecule has 1 heterocycles. The van der Waals surface area contributed by atoms with Gasteiger partial charge in [0, 0.05) is 22.1 Å². The van der Waals surface area contributed by atoms with Crippen LogP contribution in [0.3, 0.4) is 0 Å². The first kappa shape index (κ1) is 17.9. The molecule has 0 aliphatic carbocycles. The fraction of sp³-hybridized carbons (Fsp3) is 0.588. The van der Waals surface area contributed by atoms with Crippen molar-refractivity contribution in [2.75, 3.05) is 12.4 Å². The molecule has 2 rings (SSSR count).